The molecule has 2 N–H and O–H groups in total. The summed E-state index contributed by atoms with van der Waals surface area (Å²) in [7, 11) is 1.71. The Morgan fingerprint density at radius 3 is 2.53 bits per heavy atom. The normalized spacial score (nSPS) is 14.4. The fraction of sp³-hybridized carbons (Fsp3) is 0.625. The Balaban J connectivity index is 3.06. The fourth-order valence-corrected chi connectivity index (χ4v) is 2.56. The molecule has 2 atom stereocenters. The van der Waals surface area contributed by atoms with Crippen molar-refractivity contribution in [3.8, 4) is 5.75 Å². The zero-order chi connectivity index (χ0) is 14.3. The van der Waals surface area contributed by atoms with Crippen LogP contribution >= 0.6 is 0 Å². The number of nitrogens with zero attached hydrogens (tertiary/aromatic N) is 1. The molecule has 19 heavy (non-hydrogen) atoms. The Labute approximate surface area is 117 Å². The molecule has 0 spiro atoms. The Kier molecular flexibility index (Phi) is 6.89. The van der Waals surface area contributed by atoms with Gasteiger partial charge in [-0.3, -0.25) is 4.90 Å². The van der Waals surface area contributed by atoms with Crippen LogP contribution < -0.4 is 10.5 Å². The van der Waals surface area contributed by atoms with Crippen LogP contribution in [0, 0.1) is 0 Å². The Morgan fingerprint density at radius 2 is 2.00 bits per heavy atom. The third kappa shape index (κ3) is 4.22. The number of hydrogen-bond acceptors (Lipinski definition) is 3. The smallest absolute Gasteiger partial charge is 0.119 e. The van der Waals surface area contributed by atoms with E-state index >= 15 is 0 Å². The lowest BCUT2D eigenvalue weighted by molar-refractivity contribution is 0.178. The summed E-state index contributed by atoms with van der Waals surface area (Å²) in [5.41, 5.74) is 7.62. The van der Waals surface area contributed by atoms with Crippen LogP contribution in [-0.4, -0.2) is 31.1 Å². The molecule has 0 saturated heterocycles. The first-order chi connectivity index (χ1) is 9.17. The predicted molar refractivity (Wildman–Crippen MR) is 81.5 cm³/mol. The van der Waals surface area contributed by atoms with Gasteiger partial charge in [0.15, 0.2) is 0 Å². The molecule has 2 unspecified atom stereocenters. The number of hydrogen-bond donors (Lipinski definition) is 1. The molecule has 0 saturated carbocycles. The third-order valence-electron chi connectivity index (χ3n) is 3.62. The molecule has 0 aliphatic carbocycles. The van der Waals surface area contributed by atoms with Crippen molar-refractivity contribution in [3.63, 3.8) is 0 Å². The quantitative estimate of drug-likeness (QED) is 0.783. The van der Waals surface area contributed by atoms with E-state index in [9.17, 15) is 0 Å². The molecule has 3 heteroatoms. The molecule has 1 rings (SSSR count). The van der Waals surface area contributed by atoms with E-state index in [1.165, 1.54) is 5.56 Å². The first-order valence-corrected chi connectivity index (χ1v) is 7.31. The lowest BCUT2D eigenvalue weighted by atomic mass is 9.96. The van der Waals surface area contributed by atoms with E-state index in [0.29, 0.717) is 0 Å². The molecule has 3 nitrogen and oxygen atoms in total. The van der Waals surface area contributed by atoms with Crippen LogP contribution in [-0.2, 0) is 0 Å². The van der Waals surface area contributed by atoms with Crippen molar-refractivity contribution in [1.82, 2.24) is 4.90 Å². The van der Waals surface area contributed by atoms with Crippen molar-refractivity contribution < 1.29 is 4.74 Å². The van der Waals surface area contributed by atoms with Crippen molar-refractivity contribution in [1.29, 1.82) is 0 Å². The van der Waals surface area contributed by atoms with Gasteiger partial charge in [-0.2, -0.15) is 0 Å². The fourth-order valence-electron chi connectivity index (χ4n) is 2.56. The maximum Gasteiger partial charge on any atom is 0.119 e. The Bertz CT molecular complexity index is 368. The van der Waals surface area contributed by atoms with Crippen molar-refractivity contribution in [3.05, 3.63) is 29.8 Å². The molecule has 1 aromatic carbocycles. The maximum atomic E-state index is 6.37. The molecule has 0 aliphatic rings. The van der Waals surface area contributed by atoms with Crippen LogP contribution in [0.25, 0.3) is 0 Å². The van der Waals surface area contributed by atoms with E-state index < -0.39 is 0 Å². The number of ether oxygens (including phenoxy) is 1. The minimum absolute atomic E-state index is 0.151. The lowest BCUT2D eigenvalue weighted by Gasteiger charge is -2.35. The van der Waals surface area contributed by atoms with E-state index in [1.54, 1.807) is 7.11 Å². The van der Waals surface area contributed by atoms with Gasteiger partial charge in [-0.1, -0.05) is 32.9 Å². The summed E-state index contributed by atoms with van der Waals surface area (Å²) in [4.78, 5) is 2.46. The van der Waals surface area contributed by atoms with Crippen molar-refractivity contribution in [2.24, 2.45) is 5.73 Å². The third-order valence-corrected chi connectivity index (χ3v) is 3.62. The monoisotopic (exact) mass is 264 g/mol. The summed E-state index contributed by atoms with van der Waals surface area (Å²) < 4.78 is 5.33. The molecule has 0 amide bonds. The zero-order valence-corrected chi connectivity index (χ0v) is 12.7. The minimum Gasteiger partial charge on any atom is -0.497 e. The number of nitrogens with two attached hydrogens (primary N) is 1. The van der Waals surface area contributed by atoms with Crippen LogP contribution in [0.15, 0.2) is 24.3 Å². The van der Waals surface area contributed by atoms with Gasteiger partial charge in [-0.25, -0.2) is 0 Å². The van der Waals surface area contributed by atoms with Crippen molar-refractivity contribution in [2.75, 3.05) is 20.2 Å². The van der Waals surface area contributed by atoms with E-state index in [-0.39, 0.29) is 12.1 Å². The average molecular weight is 264 g/mol. The van der Waals surface area contributed by atoms with Gasteiger partial charge in [-0.05, 0) is 43.6 Å². The molecule has 0 aliphatic heterocycles. The summed E-state index contributed by atoms with van der Waals surface area (Å²) in [6, 6.07) is 8.71. The summed E-state index contributed by atoms with van der Waals surface area (Å²) in [6.45, 7) is 8.65. The summed E-state index contributed by atoms with van der Waals surface area (Å²) >= 11 is 0. The van der Waals surface area contributed by atoms with Crippen LogP contribution in [0.2, 0.25) is 0 Å². The summed E-state index contributed by atoms with van der Waals surface area (Å²) in [5, 5.41) is 0. The molecular formula is C16H28N2O. The zero-order valence-electron chi connectivity index (χ0n) is 12.7. The van der Waals surface area contributed by atoms with Crippen LogP contribution in [0.4, 0.5) is 0 Å². The number of rotatable bonds is 8. The standard InChI is InChI=1S/C16H28N2O/c1-5-11-18(7-3)16(15(17)6-2)13-9-8-10-14(12-13)19-4/h8-10,12,15-16H,5-7,11,17H2,1-4H3. The van der Waals surface area contributed by atoms with Gasteiger partial charge in [0.2, 0.25) is 0 Å². The van der Waals surface area contributed by atoms with E-state index in [0.717, 1.165) is 31.7 Å². The van der Waals surface area contributed by atoms with Gasteiger partial charge in [0.25, 0.3) is 0 Å². The van der Waals surface area contributed by atoms with E-state index in [2.05, 4.69) is 37.8 Å². The van der Waals surface area contributed by atoms with E-state index in [4.69, 9.17) is 10.5 Å². The van der Waals surface area contributed by atoms with Crippen molar-refractivity contribution >= 4 is 0 Å². The van der Waals surface area contributed by atoms with Crippen LogP contribution in [0.3, 0.4) is 0 Å². The van der Waals surface area contributed by atoms with Gasteiger partial charge >= 0.3 is 0 Å². The second-order valence-corrected chi connectivity index (χ2v) is 4.92. The van der Waals surface area contributed by atoms with E-state index in [1.807, 2.05) is 12.1 Å². The first-order valence-electron chi connectivity index (χ1n) is 7.31. The van der Waals surface area contributed by atoms with Gasteiger partial charge < -0.3 is 10.5 Å². The minimum atomic E-state index is 0.151. The number of methoxy groups -OCH3 is 1. The molecule has 0 aromatic heterocycles. The van der Waals surface area contributed by atoms with Crippen LogP contribution in [0.5, 0.6) is 5.75 Å². The predicted octanol–water partition coefficient (Wildman–Crippen LogP) is 3.21. The summed E-state index contributed by atoms with van der Waals surface area (Å²) in [5.74, 6) is 0.901. The highest BCUT2D eigenvalue weighted by atomic mass is 16.5. The second kappa shape index (κ2) is 8.18. The lowest BCUT2D eigenvalue weighted by Crippen LogP contribution is -2.41. The first kappa shape index (κ1) is 16.0. The molecule has 0 radical (unpaired) electrons. The number of likely N-dealkylation sites (N-methyl/N-ethyl adjacent to an activating group) is 1. The molecule has 0 heterocycles. The summed E-state index contributed by atoms with van der Waals surface area (Å²) in [6.07, 6.45) is 2.12. The van der Waals surface area contributed by atoms with Gasteiger partial charge in [0, 0.05) is 12.1 Å². The largest absolute Gasteiger partial charge is 0.497 e. The number of benzene rings is 1. The molecule has 0 bridgehead atoms. The van der Waals surface area contributed by atoms with Gasteiger partial charge in [0.05, 0.1) is 7.11 Å². The highest BCUT2D eigenvalue weighted by molar-refractivity contribution is 5.31. The molecular weight excluding hydrogens is 236 g/mol. The Morgan fingerprint density at radius 1 is 1.26 bits per heavy atom. The second-order valence-electron chi connectivity index (χ2n) is 4.92. The molecule has 108 valence electrons. The van der Waals surface area contributed by atoms with Crippen molar-refractivity contribution in [2.45, 2.75) is 45.7 Å². The highest BCUT2D eigenvalue weighted by Gasteiger charge is 2.24. The topological polar surface area (TPSA) is 38.5 Å². The maximum absolute atomic E-state index is 6.37. The highest BCUT2D eigenvalue weighted by Crippen LogP contribution is 2.27. The Hall–Kier alpha value is -1.06. The molecule has 1 aromatic rings. The van der Waals surface area contributed by atoms with Crippen LogP contribution in [0.1, 0.15) is 45.2 Å². The van der Waals surface area contributed by atoms with Gasteiger partial charge in [-0.15, -0.1) is 0 Å². The average Bonchev–Trinajstić information content (AvgIpc) is 2.46. The molecule has 0 fully saturated rings. The van der Waals surface area contributed by atoms with Gasteiger partial charge in [0.1, 0.15) is 5.75 Å². The SMILES string of the molecule is CCCN(CC)C(c1cccc(OC)c1)C(N)CC.